The Kier molecular flexibility index (Phi) is 3.95. The lowest BCUT2D eigenvalue weighted by Crippen LogP contribution is -2.44. The number of aryl methyl sites for hydroxylation is 1. The Bertz CT molecular complexity index is 840. The van der Waals surface area contributed by atoms with Gasteiger partial charge in [0.2, 0.25) is 5.91 Å². The van der Waals surface area contributed by atoms with E-state index in [2.05, 4.69) is 30.3 Å². The molecule has 0 spiro atoms. The average Bonchev–Trinajstić information content (AvgIpc) is 3.24. The molecular formula is C16H22N6O3. The van der Waals surface area contributed by atoms with Crippen molar-refractivity contribution in [1.82, 2.24) is 30.3 Å². The van der Waals surface area contributed by atoms with Crippen molar-refractivity contribution in [3.05, 3.63) is 33.3 Å². The number of hydrogen-bond donors (Lipinski definition) is 4. The van der Waals surface area contributed by atoms with E-state index in [-0.39, 0.29) is 36.5 Å². The molecule has 0 unspecified atom stereocenters. The van der Waals surface area contributed by atoms with E-state index in [1.807, 2.05) is 0 Å². The highest BCUT2D eigenvalue weighted by molar-refractivity contribution is 5.79. The van der Waals surface area contributed by atoms with Crippen LogP contribution in [0.2, 0.25) is 0 Å². The van der Waals surface area contributed by atoms with Crippen LogP contribution in [0.5, 0.6) is 0 Å². The fourth-order valence-corrected chi connectivity index (χ4v) is 3.52. The highest BCUT2D eigenvalue weighted by Gasteiger charge is 2.38. The van der Waals surface area contributed by atoms with Crippen LogP contribution < -0.4 is 10.9 Å². The second kappa shape index (κ2) is 6.14. The molecule has 0 bridgehead atoms. The molecule has 0 aliphatic heterocycles. The van der Waals surface area contributed by atoms with E-state index in [0.717, 1.165) is 31.5 Å². The molecule has 0 radical (unpaired) electrons. The summed E-state index contributed by atoms with van der Waals surface area (Å²) in [5.74, 6) is 1.68. The van der Waals surface area contributed by atoms with Crippen LogP contribution in [0.15, 0.2) is 4.79 Å². The van der Waals surface area contributed by atoms with Crippen LogP contribution in [0.25, 0.3) is 0 Å². The van der Waals surface area contributed by atoms with Crippen molar-refractivity contribution in [1.29, 1.82) is 0 Å². The lowest BCUT2D eigenvalue weighted by atomic mass is 9.79. The minimum absolute atomic E-state index is 0.0821. The normalized spacial score (nSPS) is 22.6. The molecule has 2 fully saturated rings. The van der Waals surface area contributed by atoms with E-state index in [9.17, 15) is 14.7 Å². The Labute approximate surface area is 143 Å². The molecule has 0 aromatic carbocycles. The van der Waals surface area contributed by atoms with Crippen molar-refractivity contribution in [3.63, 3.8) is 0 Å². The quantitative estimate of drug-likeness (QED) is 0.587. The topological polar surface area (TPSA) is 129 Å². The van der Waals surface area contributed by atoms with Crippen LogP contribution in [-0.2, 0) is 17.8 Å². The largest absolute Gasteiger partial charge is 0.388 e. The highest BCUT2D eigenvalue weighted by Crippen LogP contribution is 2.42. The number of carbonyl (C=O) groups is 1. The number of nitrogens with zero attached hydrogens (tertiary/aromatic N) is 3. The van der Waals surface area contributed by atoms with Crippen molar-refractivity contribution in [2.24, 2.45) is 0 Å². The molecule has 2 aromatic rings. The molecular weight excluding hydrogens is 324 g/mol. The van der Waals surface area contributed by atoms with Gasteiger partial charge >= 0.3 is 0 Å². The number of hydrogen-bond acceptors (Lipinski definition) is 5. The van der Waals surface area contributed by atoms with Gasteiger partial charge in [0.1, 0.15) is 12.4 Å². The van der Waals surface area contributed by atoms with Gasteiger partial charge in [-0.2, -0.15) is 0 Å². The molecule has 25 heavy (non-hydrogen) atoms. The predicted molar refractivity (Wildman–Crippen MR) is 88.0 cm³/mol. The van der Waals surface area contributed by atoms with Crippen molar-refractivity contribution in [2.45, 2.75) is 63.6 Å². The van der Waals surface area contributed by atoms with Crippen molar-refractivity contribution in [3.8, 4) is 0 Å². The molecule has 2 aromatic heterocycles. The highest BCUT2D eigenvalue weighted by atomic mass is 16.3. The van der Waals surface area contributed by atoms with Gasteiger partial charge in [-0.05, 0) is 32.6 Å². The number of aliphatic hydroxyl groups excluding tert-OH is 1. The molecule has 0 atom stereocenters. The molecule has 2 aliphatic carbocycles. The van der Waals surface area contributed by atoms with Gasteiger partial charge in [-0.25, -0.2) is 0 Å². The number of aromatic amines is 2. The van der Waals surface area contributed by atoms with Crippen LogP contribution in [-0.4, -0.2) is 42.0 Å². The fourth-order valence-electron chi connectivity index (χ4n) is 3.52. The maximum atomic E-state index is 12.2. The summed E-state index contributed by atoms with van der Waals surface area (Å²) in [5, 5.41) is 25.9. The molecule has 2 aliphatic rings. The number of rotatable bonds is 6. The zero-order valence-corrected chi connectivity index (χ0v) is 14.1. The summed E-state index contributed by atoms with van der Waals surface area (Å²) >= 11 is 0. The van der Waals surface area contributed by atoms with Crippen LogP contribution in [0, 0.1) is 6.92 Å². The monoisotopic (exact) mass is 346 g/mol. The number of aliphatic hydroxyl groups is 1. The first-order chi connectivity index (χ1) is 12.1. The lowest BCUT2D eigenvalue weighted by Gasteiger charge is -2.35. The summed E-state index contributed by atoms with van der Waals surface area (Å²) in [6.07, 6.45) is 3.92. The standard InChI is InChI=1S/C16H22N6O3/c1-8-12(16(25)21-18-8)6-14(24)17-10-4-9(5-10)15-20-19-13(7-23)22(15)11-2-3-11/h9-11,23H,2-7H2,1H3,(H,17,24)(H2,18,21,25). The number of nitrogens with one attached hydrogen (secondary N) is 3. The van der Waals surface area contributed by atoms with E-state index in [1.54, 1.807) is 6.92 Å². The van der Waals surface area contributed by atoms with Crippen molar-refractivity contribution < 1.29 is 9.90 Å². The average molecular weight is 346 g/mol. The van der Waals surface area contributed by atoms with Gasteiger partial charge in [0, 0.05) is 29.3 Å². The number of carbonyl (C=O) groups excluding carboxylic acids is 1. The Morgan fingerprint density at radius 3 is 2.68 bits per heavy atom. The van der Waals surface area contributed by atoms with Gasteiger partial charge in [-0.1, -0.05) is 0 Å². The van der Waals surface area contributed by atoms with Gasteiger partial charge in [-0.3, -0.25) is 14.7 Å². The second-order valence-electron chi connectivity index (χ2n) is 7.03. The fraction of sp³-hybridized carbons (Fsp3) is 0.625. The molecule has 2 saturated carbocycles. The molecule has 134 valence electrons. The molecule has 4 N–H and O–H groups in total. The summed E-state index contributed by atoms with van der Waals surface area (Å²) in [7, 11) is 0. The zero-order valence-electron chi connectivity index (χ0n) is 14.1. The van der Waals surface area contributed by atoms with E-state index in [0.29, 0.717) is 23.1 Å². The summed E-state index contributed by atoms with van der Waals surface area (Å²) in [6, 6.07) is 0.516. The maximum Gasteiger partial charge on any atom is 0.267 e. The SMILES string of the molecule is Cc1[nH][nH]c(=O)c1CC(=O)NC1CC(c2nnc(CO)n2C2CC2)C1. The van der Waals surface area contributed by atoms with Crippen molar-refractivity contribution in [2.75, 3.05) is 0 Å². The smallest absolute Gasteiger partial charge is 0.267 e. The third kappa shape index (κ3) is 2.99. The number of aromatic nitrogens is 5. The molecule has 9 nitrogen and oxygen atoms in total. The summed E-state index contributed by atoms with van der Waals surface area (Å²) in [6.45, 7) is 1.67. The van der Waals surface area contributed by atoms with E-state index >= 15 is 0 Å². The zero-order chi connectivity index (χ0) is 17.6. The Morgan fingerprint density at radius 2 is 2.08 bits per heavy atom. The Morgan fingerprint density at radius 1 is 1.32 bits per heavy atom. The maximum absolute atomic E-state index is 12.2. The summed E-state index contributed by atoms with van der Waals surface area (Å²) in [5.41, 5.74) is 0.934. The first kappa shape index (κ1) is 16.1. The van der Waals surface area contributed by atoms with Gasteiger partial charge in [0.05, 0.1) is 6.42 Å². The van der Waals surface area contributed by atoms with Gasteiger partial charge in [0.15, 0.2) is 5.82 Å². The van der Waals surface area contributed by atoms with E-state index < -0.39 is 0 Å². The first-order valence-electron chi connectivity index (χ1n) is 8.66. The Balaban J connectivity index is 1.34. The van der Waals surface area contributed by atoms with Crippen LogP contribution in [0.3, 0.4) is 0 Å². The minimum Gasteiger partial charge on any atom is -0.388 e. The minimum atomic E-state index is -0.242. The summed E-state index contributed by atoms with van der Waals surface area (Å²) in [4.78, 5) is 23.8. The molecule has 0 saturated heterocycles. The Hall–Kier alpha value is -2.42. The molecule has 9 heteroatoms. The van der Waals surface area contributed by atoms with E-state index in [4.69, 9.17) is 0 Å². The number of amides is 1. The summed E-state index contributed by atoms with van der Waals surface area (Å²) < 4.78 is 2.07. The molecule has 4 rings (SSSR count). The molecule has 1 amide bonds. The van der Waals surface area contributed by atoms with Crippen LogP contribution in [0.1, 0.15) is 60.5 Å². The van der Waals surface area contributed by atoms with E-state index in [1.165, 1.54) is 0 Å². The van der Waals surface area contributed by atoms with Crippen LogP contribution in [0.4, 0.5) is 0 Å². The van der Waals surface area contributed by atoms with Gasteiger partial charge < -0.3 is 20.1 Å². The predicted octanol–water partition coefficient (Wildman–Crippen LogP) is 0.0350. The molecule has 2 heterocycles. The second-order valence-corrected chi connectivity index (χ2v) is 7.03. The third-order valence-electron chi connectivity index (χ3n) is 5.14. The third-order valence-corrected chi connectivity index (χ3v) is 5.14. The number of H-pyrrole nitrogens is 2. The first-order valence-corrected chi connectivity index (χ1v) is 8.66. The van der Waals surface area contributed by atoms with Gasteiger partial charge in [0.25, 0.3) is 5.56 Å². The lowest BCUT2D eigenvalue weighted by molar-refractivity contribution is -0.121. The van der Waals surface area contributed by atoms with Gasteiger partial charge in [-0.15, -0.1) is 10.2 Å². The van der Waals surface area contributed by atoms with Crippen LogP contribution >= 0.6 is 0 Å². The van der Waals surface area contributed by atoms with Crippen molar-refractivity contribution >= 4 is 5.91 Å².